The Kier molecular flexibility index (Phi) is 5.10. The van der Waals surface area contributed by atoms with Crippen molar-refractivity contribution in [3.05, 3.63) is 59.1 Å². The van der Waals surface area contributed by atoms with Crippen molar-refractivity contribution in [1.82, 2.24) is 20.0 Å². The molecule has 1 fully saturated rings. The van der Waals surface area contributed by atoms with E-state index in [1.54, 1.807) is 11.3 Å². The molecule has 2 aliphatic heterocycles. The van der Waals surface area contributed by atoms with Gasteiger partial charge in [0.1, 0.15) is 0 Å². The van der Waals surface area contributed by atoms with Gasteiger partial charge in [-0.1, -0.05) is 24.3 Å². The maximum Gasteiger partial charge on any atom is 0.274 e. The highest BCUT2D eigenvalue weighted by molar-refractivity contribution is 7.13. The molecular formula is C22H23N5O2S. The molecule has 0 aliphatic carbocycles. The van der Waals surface area contributed by atoms with Crippen LogP contribution in [0.25, 0.3) is 10.6 Å². The highest BCUT2D eigenvalue weighted by Crippen LogP contribution is 2.27. The van der Waals surface area contributed by atoms with Crippen LogP contribution in [0.1, 0.15) is 16.1 Å². The number of para-hydroxylation sites is 1. The molecule has 5 rings (SSSR count). The number of nitrogens with zero attached hydrogens (tertiary/aromatic N) is 4. The number of benzene rings is 1. The first-order valence-electron chi connectivity index (χ1n) is 10.2. The van der Waals surface area contributed by atoms with E-state index in [0.29, 0.717) is 38.4 Å². The molecule has 1 N–H and O–H groups in total. The summed E-state index contributed by atoms with van der Waals surface area (Å²) in [7, 11) is 0. The summed E-state index contributed by atoms with van der Waals surface area (Å²) >= 11 is 1.61. The highest BCUT2D eigenvalue weighted by atomic mass is 32.1. The van der Waals surface area contributed by atoms with Crippen molar-refractivity contribution >= 4 is 28.8 Å². The Morgan fingerprint density at radius 3 is 2.67 bits per heavy atom. The minimum atomic E-state index is -0.0616. The Morgan fingerprint density at radius 2 is 1.87 bits per heavy atom. The molecule has 2 amide bonds. The third-order valence-corrected chi connectivity index (χ3v) is 6.69. The lowest BCUT2D eigenvalue weighted by atomic mass is 10.2. The first-order valence-corrected chi connectivity index (χ1v) is 11.1. The van der Waals surface area contributed by atoms with Gasteiger partial charge < -0.3 is 9.80 Å². The van der Waals surface area contributed by atoms with E-state index in [2.05, 4.69) is 21.2 Å². The van der Waals surface area contributed by atoms with Crippen LogP contribution in [0, 0.1) is 0 Å². The number of carbonyl (C=O) groups is 2. The molecule has 0 radical (unpaired) electrons. The van der Waals surface area contributed by atoms with Crippen molar-refractivity contribution in [2.75, 3.05) is 44.2 Å². The van der Waals surface area contributed by atoms with E-state index in [-0.39, 0.29) is 11.8 Å². The number of fused-ring (bicyclic) bond motifs is 1. The smallest absolute Gasteiger partial charge is 0.274 e. The van der Waals surface area contributed by atoms with Crippen LogP contribution in [0.2, 0.25) is 0 Å². The van der Waals surface area contributed by atoms with Gasteiger partial charge in [-0.3, -0.25) is 19.6 Å². The van der Waals surface area contributed by atoms with Crippen LogP contribution >= 0.6 is 11.3 Å². The Bertz CT molecular complexity index is 1050. The lowest BCUT2D eigenvalue weighted by molar-refractivity contribution is -0.120. The van der Waals surface area contributed by atoms with Crippen molar-refractivity contribution in [2.45, 2.75) is 6.42 Å². The van der Waals surface area contributed by atoms with Gasteiger partial charge in [0.15, 0.2) is 5.69 Å². The van der Waals surface area contributed by atoms with Gasteiger partial charge in [-0.15, -0.1) is 11.3 Å². The van der Waals surface area contributed by atoms with Crippen LogP contribution in [0.15, 0.2) is 47.8 Å². The Morgan fingerprint density at radius 1 is 1.03 bits per heavy atom. The molecule has 2 aliphatic rings. The summed E-state index contributed by atoms with van der Waals surface area (Å²) in [6.07, 6.45) is 0.918. The van der Waals surface area contributed by atoms with E-state index in [4.69, 9.17) is 0 Å². The van der Waals surface area contributed by atoms with Crippen molar-refractivity contribution in [2.24, 2.45) is 0 Å². The zero-order valence-electron chi connectivity index (χ0n) is 16.6. The van der Waals surface area contributed by atoms with Gasteiger partial charge in [-0.05, 0) is 35.6 Å². The number of hydrogen-bond acceptors (Lipinski definition) is 5. The number of thiophene rings is 1. The number of aromatic amines is 1. The molecule has 1 saturated heterocycles. The normalized spacial score (nSPS) is 16.7. The predicted molar refractivity (Wildman–Crippen MR) is 117 cm³/mol. The number of hydrogen-bond donors (Lipinski definition) is 1. The van der Waals surface area contributed by atoms with E-state index >= 15 is 0 Å². The summed E-state index contributed by atoms with van der Waals surface area (Å²) < 4.78 is 0. The van der Waals surface area contributed by atoms with E-state index in [9.17, 15) is 9.59 Å². The summed E-state index contributed by atoms with van der Waals surface area (Å²) in [5.41, 5.74) is 3.58. The number of H-pyrrole nitrogens is 1. The summed E-state index contributed by atoms with van der Waals surface area (Å²) in [5, 5.41) is 9.16. The third-order valence-electron chi connectivity index (χ3n) is 5.79. The molecule has 154 valence electrons. The van der Waals surface area contributed by atoms with Gasteiger partial charge in [0.05, 0.1) is 17.1 Å². The first kappa shape index (κ1) is 19.0. The lowest BCUT2D eigenvalue weighted by Crippen LogP contribution is -2.51. The van der Waals surface area contributed by atoms with Crippen molar-refractivity contribution in [1.29, 1.82) is 0 Å². The number of anilines is 1. The molecule has 0 atom stereocenters. The zero-order valence-corrected chi connectivity index (χ0v) is 17.4. The van der Waals surface area contributed by atoms with Crippen LogP contribution in [-0.4, -0.2) is 71.1 Å². The second kappa shape index (κ2) is 8.04. The van der Waals surface area contributed by atoms with Crippen LogP contribution in [-0.2, 0) is 11.2 Å². The van der Waals surface area contributed by atoms with E-state index in [1.165, 1.54) is 5.56 Å². The number of rotatable bonds is 4. The SMILES string of the molecule is O=C(c1cc(-c2cccs2)[nH]n1)N1CCN(CC(=O)N2CCc3ccccc32)CC1. The van der Waals surface area contributed by atoms with Gasteiger partial charge in [0, 0.05) is 38.4 Å². The fourth-order valence-corrected chi connectivity index (χ4v) is 4.83. The second-order valence-electron chi connectivity index (χ2n) is 7.64. The van der Waals surface area contributed by atoms with Crippen molar-refractivity contribution < 1.29 is 9.59 Å². The number of piperazine rings is 1. The fraction of sp³-hybridized carbons (Fsp3) is 0.318. The topological polar surface area (TPSA) is 72.5 Å². The van der Waals surface area contributed by atoms with E-state index < -0.39 is 0 Å². The third kappa shape index (κ3) is 3.64. The monoisotopic (exact) mass is 421 g/mol. The maximum absolute atomic E-state index is 12.8. The minimum absolute atomic E-state index is 0.0616. The summed E-state index contributed by atoms with van der Waals surface area (Å²) in [5.74, 6) is 0.0705. The second-order valence-corrected chi connectivity index (χ2v) is 8.58. The van der Waals surface area contributed by atoms with Crippen LogP contribution < -0.4 is 4.90 Å². The molecule has 7 nitrogen and oxygen atoms in total. The molecule has 1 aromatic carbocycles. The highest BCUT2D eigenvalue weighted by Gasteiger charge is 2.28. The average molecular weight is 422 g/mol. The molecule has 0 saturated carbocycles. The van der Waals surface area contributed by atoms with Crippen LogP contribution in [0.4, 0.5) is 5.69 Å². The maximum atomic E-state index is 12.8. The lowest BCUT2D eigenvalue weighted by Gasteiger charge is -2.34. The summed E-state index contributed by atoms with van der Waals surface area (Å²) in [6.45, 7) is 3.72. The number of aromatic nitrogens is 2. The predicted octanol–water partition coefficient (Wildman–Crippen LogP) is 2.49. The summed E-state index contributed by atoms with van der Waals surface area (Å²) in [6, 6.07) is 13.9. The quantitative estimate of drug-likeness (QED) is 0.703. The largest absolute Gasteiger partial charge is 0.335 e. The molecule has 3 aromatic rings. The zero-order chi connectivity index (χ0) is 20.5. The Balaban J connectivity index is 1.16. The molecule has 4 heterocycles. The molecule has 2 aromatic heterocycles. The van der Waals surface area contributed by atoms with Crippen molar-refractivity contribution in [3.8, 4) is 10.6 Å². The van der Waals surface area contributed by atoms with E-state index in [1.807, 2.05) is 51.6 Å². The van der Waals surface area contributed by atoms with Crippen LogP contribution in [0.5, 0.6) is 0 Å². The standard InChI is InChI=1S/C22H23N5O2S/c28-21(27-8-7-16-4-1-2-5-19(16)27)15-25-9-11-26(12-10-25)22(29)18-14-17(23-24-18)20-6-3-13-30-20/h1-6,13-14H,7-12,15H2,(H,23,24). The molecule has 0 bridgehead atoms. The first-order chi connectivity index (χ1) is 14.7. The molecule has 8 heteroatoms. The summed E-state index contributed by atoms with van der Waals surface area (Å²) in [4.78, 5) is 32.5. The van der Waals surface area contributed by atoms with Gasteiger partial charge in [-0.2, -0.15) is 5.10 Å². The van der Waals surface area contributed by atoms with Gasteiger partial charge in [0.25, 0.3) is 5.91 Å². The van der Waals surface area contributed by atoms with Gasteiger partial charge in [-0.25, -0.2) is 0 Å². The number of amides is 2. The Hall–Kier alpha value is -2.97. The molecular weight excluding hydrogens is 398 g/mol. The Labute approximate surface area is 178 Å². The molecule has 0 spiro atoms. The van der Waals surface area contributed by atoms with Crippen molar-refractivity contribution in [3.63, 3.8) is 0 Å². The van der Waals surface area contributed by atoms with E-state index in [0.717, 1.165) is 29.2 Å². The number of nitrogens with one attached hydrogen (secondary N) is 1. The average Bonchev–Trinajstić information content (AvgIpc) is 3.54. The molecule has 30 heavy (non-hydrogen) atoms. The fourth-order valence-electron chi connectivity index (χ4n) is 4.13. The minimum Gasteiger partial charge on any atom is -0.335 e. The van der Waals surface area contributed by atoms with Gasteiger partial charge in [0.2, 0.25) is 5.91 Å². The molecule has 0 unspecified atom stereocenters. The van der Waals surface area contributed by atoms with Gasteiger partial charge >= 0.3 is 0 Å². The van der Waals surface area contributed by atoms with Crippen LogP contribution in [0.3, 0.4) is 0 Å². The number of carbonyl (C=O) groups excluding carboxylic acids is 2.